The minimum atomic E-state index is -0.0455. The monoisotopic (exact) mass is 375 g/mol. The number of nitrogens with zero attached hydrogens (tertiary/aromatic N) is 1. The number of para-hydroxylation sites is 3. The molecule has 29 heavy (non-hydrogen) atoms. The number of anilines is 3. The van der Waals surface area contributed by atoms with E-state index in [0.717, 1.165) is 27.6 Å². The van der Waals surface area contributed by atoms with Crippen LogP contribution in [0.3, 0.4) is 0 Å². The molecular formula is C27H21NO. The van der Waals surface area contributed by atoms with Gasteiger partial charge in [-0.2, -0.15) is 0 Å². The highest BCUT2D eigenvalue weighted by Crippen LogP contribution is 2.51. The average Bonchev–Trinajstić information content (AvgIpc) is 3.12. The van der Waals surface area contributed by atoms with Gasteiger partial charge in [0.1, 0.15) is 11.2 Å². The zero-order chi connectivity index (χ0) is 19.6. The molecule has 1 aromatic heterocycles. The topological polar surface area (TPSA) is 16.4 Å². The van der Waals surface area contributed by atoms with Crippen LogP contribution in [0, 0.1) is 0 Å². The van der Waals surface area contributed by atoms with Crippen molar-refractivity contribution in [3.8, 4) is 0 Å². The maximum atomic E-state index is 6.05. The summed E-state index contributed by atoms with van der Waals surface area (Å²) < 4.78 is 6.05. The van der Waals surface area contributed by atoms with Gasteiger partial charge in [-0.25, -0.2) is 0 Å². The summed E-state index contributed by atoms with van der Waals surface area (Å²) in [5.74, 6) is 0. The summed E-state index contributed by atoms with van der Waals surface area (Å²) in [4.78, 5) is 2.39. The number of hydrogen-bond donors (Lipinski definition) is 0. The van der Waals surface area contributed by atoms with Crippen molar-refractivity contribution in [1.82, 2.24) is 0 Å². The smallest absolute Gasteiger partial charge is 0.135 e. The predicted molar refractivity (Wildman–Crippen MR) is 121 cm³/mol. The molecule has 1 aliphatic rings. The minimum absolute atomic E-state index is 0.0455. The first-order valence-electron chi connectivity index (χ1n) is 10.0. The van der Waals surface area contributed by atoms with E-state index in [-0.39, 0.29) is 5.41 Å². The van der Waals surface area contributed by atoms with Gasteiger partial charge in [0.15, 0.2) is 0 Å². The molecule has 0 amide bonds. The molecule has 2 heteroatoms. The van der Waals surface area contributed by atoms with Crippen LogP contribution in [0.5, 0.6) is 0 Å². The van der Waals surface area contributed by atoms with E-state index >= 15 is 0 Å². The highest BCUT2D eigenvalue weighted by Gasteiger charge is 2.36. The molecule has 2 heterocycles. The average molecular weight is 375 g/mol. The van der Waals surface area contributed by atoms with E-state index in [0.29, 0.717) is 0 Å². The van der Waals surface area contributed by atoms with Gasteiger partial charge < -0.3 is 9.32 Å². The molecule has 0 radical (unpaired) electrons. The first kappa shape index (κ1) is 16.4. The second kappa shape index (κ2) is 5.74. The Balaban J connectivity index is 1.66. The molecule has 2 nitrogen and oxygen atoms in total. The molecular weight excluding hydrogens is 354 g/mol. The molecule has 0 fully saturated rings. The highest BCUT2D eigenvalue weighted by molar-refractivity contribution is 6.06. The Morgan fingerprint density at radius 3 is 1.93 bits per heavy atom. The third kappa shape index (κ3) is 2.23. The Hall–Kier alpha value is -3.52. The van der Waals surface area contributed by atoms with Crippen molar-refractivity contribution in [1.29, 1.82) is 0 Å². The fourth-order valence-electron chi connectivity index (χ4n) is 4.80. The molecule has 6 rings (SSSR count). The third-order valence-corrected chi connectivity index (χ3v) is 6.26. The predicted octanol–water partition coefficient (Wildman–Crippen LogP) is 7.70. The molecule has 0 spiro atoms. The maximum Gasteiger partial charge on any atom is 0.135 e. The van der Waals surface area contributed by atoms with Crippen molar-refractivity contribution in [2.24, 2.45) is 0 Å². The van der Waals surface area contributed by atoms with E-state index in [1.54, 1.807) is 0 Å². The van der Waals surface area contributed by atoms with Gasteiger partial charge in [-0.15, -0.1) is 0 Å². The van der Waals surface area contributed by atoms with E-state index in [1.807, 2.05) is 12.1 Å². The van der Waals surface area contributed by atoms with E-state index in [1.165, 1.54) is 22.5 Å². The zero-order valence-corrected chi connectivity index (χ0v) is 16.5. The lowest BCUT2D eigenvalue weighted by atomic mass is 9.73. The van der Waals surface area contributed by atoms with Gasteiger partial charge in [0, 0.05) is 21.9 Å². The summed E-state index contributed by atoms with van der Waals surface area (Å²) in [7, 11) is 0. The Morgan fingerprint density at radius 2 is 1.21 bits per heavy atom. The van der Waals surface area contributed by atoms with Gasteiger partial charge in [-0.3, -0.25) is 0 Å². The van der Waals surface area contributed by atoms with Gasteiger partial charge in [0.2, 0.25) is 0 Å². The van der Waals surface area contributed by atoms with Crippen LogP contribution in [-0.4, -0.2) is 0 Å². The van der Waals surface area contributed by atoms with Gasteiger partial charge in [-0.1, -0.05) is 68.4 Å². The molecule has 4 aromatic carbocycles. The summed E-state index contributed by atoms with van der Waals surface area (Å²) in [6, 6.07) is 32.3. The van der Waals surface area contributed by atoms with Crippen LogP contribution < -0.4 is 4.90 Å². The molecule has 0 unspecified atom stereocenters. The summed E-state index contributed by atoms with van der Waals surface area (Å²) >= 11 is 0. The van der Waals surface area contributed by atoms with E-state index in [9.17, 15) is 0 Å². The van der Waals surface area contributed by atoms with Gasteiger partial charge in [-0.05, 0) is 47.5 Å². The van der Waals surface area contributed by atoms with E-state index < -0.39 is 0 Å². The Kier molecular flexibility index (Phi) is 3.25. The van der Waals surface area contributed by atoms with Crippen molar-refractivity contribution in [2.45, 2.75) is 19.3 Å². The van der Waals surface area contributed by atoms with Crippen molar-refractivity contribution < 1.29 is 4.42 Å². The summed E-state index contributed by atoms with van der Waals surface area (Å²) in [6.45, 7) is 4.63. The molecule has 1 aliphatic heterocycles. The van der Waals surface area contributed by atoms with E-state index in [4.69, 9.17) is 4.42 Å². The van der Waals surface area contributed by atoms with Gasteiger partial charge in [0.05, 0.1) is 11.4 Å². The molecule has 0 atom stereocenters. The molecule has 140 valence electrons. The van der Waals surface area contributed by atoms with Crippen LogP contribution in [0.2, 0.25) is 0 Å². The van der Waals surface area contributed by atoms with Crippen LogP contribution in [0.1, 0.15) is 25.0 Å². The molecule has 0 aliphatic carbocycles. The number of hydrogen-bond acceptors (Lipinski definition) is 2. The fraction of sp³-hybridized carbons (Fsp3) is 0.111. The maximum absolute atomic E-state index is 6.05. The zero-order valence-electron chi connectivity index (χ0n) is 16.5. The normalized spacial score (nSPS) is 14.8. The lowest BCUT2D eigenvalue weighted by molar-refractivity contribution is 0.632. The molecule has 0 saturated heterocycles. The van der Waals surface area contributed by atoms with Crippen LogP contribution in [0.25, 0.3) is 21.9 Å². The first-order chi connectivity index (χ1) is 14.1. The molecule has 0 N–H and O–H groups in total. The Labute approximate surface area is 170 Å². The quantitative estimate of drug-likeness (QED) is 0.298. The van der Waals surface area contributed by atoms with Crippen molar-refractivity contribution in [3.05, 3.63) is 102 Å². The summed E-state index contributed by atoms with van der Waals surface area (Å²) in [5, 5.41) is 2.31. The second-order valence-corrected chi connectivity index (χ2v) is 8.27. The fourth-order valence-corrected chi connectivity index (χ4v) is 4.80. The largest absolute Gasteiger partial charge is 0.456 e. The standard InChI is InChI=1S/C27H21NO/c1-27(2)21-10-4-6-12-23(21)28(24-13-7-5-11-22(24)27)18-15-16-26-20(17-18)19-9-3-8-14-25(19)29-26/h3-17H,1-2H3. The lowest BCUT2D eigenvalue weighted by Gasteiger charge is -2.42. The van der Waals surface area contributed by atoms with Crippen molar-refractivity contribution >= 4 is 39.0 Å². The summed E-state index contributed by atoms with van der Waals surface area (Å²) in [5.41, 5.74) is 8.13. The second-order valence-electron chi connectivity index (χ2n) is 8.27. The van der Waals surface area contributed by atoms with E-state index in [2.05, 4.69) is 97.6 Å². The highest BCUT2D eigenvalue weighted by atomic mass is 16.3. The van der Waals surface area contributed by atoms with Crippen LogP contribution >= 0.6 is 0 Å². The van der Waals surface area contributed by atoms with Gasteiger partial charge in [0.25, 0.3) is 0 Å². The molecule has 0 saturated carbocycles. The Morgan fingerprint density at radius 1 is 0.621 bits per heavy atom. The number of rotatable bonds is 1. The first-order valence-corrected chi connectivity index (χ1v) is 10.0. The molecule has 0 bridgehead atoms. The number of furan rings is 1. The van der Waals surface area contributed by atoms with Crippen LogP contribution in [0.4, 0.5) is 17.1 Å². The SMILES string of the molecule is CC1(C)c2ccccc2N(c2ccc3oc4ccccc4c3c2)c2ccccc21. The number of benzene rings is 4. The molecule has 5 aromatic rings. The number of fused-ring (bicyclic) bond motifs is 5. The van der Waals surface area contributed by atoms with Gasteiger partial charge >= 0.3 is 0 Å². The third-order valence-electron chi connectivity index (χ3n) is 6.26. The van der Waals surface area contributed by atoms with Crippen LogP contribution in [-0.2, 0) is 5.41 Å². The summed E-state index contributed by atoms with van der Waals surface area (Å²) in [6.07, 6.45) is 0. The van der Waals surface area contributed by atoms with Crippen molar-refractivity contribution in [2.75, 3.05) is 4.90 Å². The minimum Gasteiger partial charge on any atom is -0.456 e. The van der Waals surface area contributed by atoms with Crippen LogP contribution in [0.15, 0.2) is 95.4 Å². The van der Waals surface area contributed by atoms with Crippen molar-refractivity contribution in [3.63, 3.8) is 0 Å². The lowest BCUT2D eigenvalue weighted by Crippen LogP contribution is -2.30. The Bertz CT molecular complexity index is 1340.